The third-order valence-electron chi connectivity index (χ3n) is 2.76. The minimum absolute atomic E-state index is 0.411. The van der Waals surface area contributed by atoms with Crippen molar-refractivity contribution in [1.82, 2.24) is 9.97 Å². The van der Waals surface area contributed by atoms with Crippen LogP contribution >= 0.6 is 11.6 Å². The molecule has 0 radical (unpaired) electrons. The number of aromatic nitrogens is 2. The summed E-state index contributed by atoms with van der Waals surface area (Å²) in [4.78, 5) is 7.37. The van der Waals surface area contributed by atoms with E-state index in [4.69, 9.17) is 16.3 Å². The van der Waals surface area contributed by atoms with Crippen LogP contribution in [0.1, 0.15) is 11.4 Å². The average molecular weight is 235 g/mol. The van der Waals surface area contributed by atoms with Gasteiger partial charge in [0.1, 0.15) is 11.6 Å². The van der Waals surface area contributed by atoms with E-state index in [1.54, 1.807) is 0 Å². The first-order valence-electron chi connectivity index (χ1n) is 5.23. The number of nitrogens with zero attached hydrogens (tertiary/aromatic N) is 1. The van der Waals surface area contributed by atoms with Crippen LogP contribution in [0.2, 0.25) is 0 Å². The zero-order valence-corrected chi connectivity index (χ0v) is 9.42. The van der Waals surface area contributed by atoms with Gasteiger partial charge in [0.05, 0.1) is 24.4 Å². The predicted octanol–water partition coefficient (Wildman–Crippen LogP) is 2.75. The standard InChI is InChI=1S/C12H11ClN2O/c13-6-12-14-7-10(15-12)8-1-2-11-9(5-8)3-4-16-11/h1-2,5,7H,3-4,6H2,(H,14,15). The molecule has 1 aliphatic heterocycles. The molecule has 0 bridgehead atoms. The highest BCUT2D eigenvalue weighted by Crippen LogP contribution is 2.29. The summed E-state index contributed by atoms with van der Waals surface area (Å²) < 4.78 is 5.47. The lowest BCUT2D eigenvalue weighted by atomic mass is 10.1. The Kier molecular flexibility index (Phi) is 2.33. The fourth-order valence-electron chi connectivity index (χ4n) is 1.93. The highest BCUT2D eigenvalue weighted by atomic mass is 35.5. The van der Waals surface area contributed by atoms with Crippen LogP contribution in [0.4, 0.5) is 0 Å². The molecule has 0 saturated carbocycles. The molecule has 0 atom stereocenters. The Hall–Kier alpha value is -1.48. The SMILES string of the molecule is ClCc1ncc(-c2ccc3c(c2)CCO3)[nH]1. The summed E-state index contributed by atoms with van der Waals surface area (Å²) in [6.07, 6.45) is 2.80. The summed E-state index contributed by atoms with van der Waals surface area (Å²) in [5.41, 5.74) is 3.40. The first-order chi connectivity index (χ1) is 7.86. The van der Waals surface area contributed by atoms with Gasteiger partial charge in [-0.3, -0.25) is 0 Å². The zero-order valence-electron chi connectivity index (χ0n) is 8.66. The Morgan fingerprint density at radius 2 is 2.38 bits per heavy atom. The molecular weight excluding hydrogens is 224 g/mol. The maximum atomic E-state index is 5.71. The lowest BCUT2D eigenvalue weighted by Crippen LogP contribution is -1.85. The van der Waals surface area contributed by atoms with E-state index in [0.29, 0.717) is 5.88 Å². The number of hydrogen-bond acceptors (Lipinski definition) is 2. The normalized spacial score (nSPS) is 13.6. The Morgan fingerprint density at radius 3 is 3.19 bits per heavy atom. The summed E-state index contributed by atoms with van der Waals surface area (Å²) in [6, 6.07) is 6.20. The number of H-pyrrole nitrogens is 1. The molecule has 1 aromatic carbocycles. The first-order valence-corrected chi connectivity index (χ1v) is 5.76. The van der Waals surface area contributed by atoms with Gasteiger partial charge >= 0.3 is 0 Å². The number of aromatic amines is 1. The Morgan fingerprint density at radius 1 is 1.44 bits per heavy atom. The van der Waals surface area contributed by atoms with Crippen molar-refractivity contribution in [1.29, 1.82) is 0 Å². The molecule has 4 heteroatoms. The minimum atomic E-state index is 0.411. The van der Waals surface area contributed by atoms with Gasteiger partial charge in [0.2, 0.25) is 0 Å². The van der Waals surface area contributed by atoms with Crippen molar-refractivity contribution in [3.05, 3.63) is 35.8 Å². The smallest absolute Gasteiger partial charge is 0.122 e. The van der Waals surface area contributed by atoms with Crippen LogP contribution in [0.25, 0.3) is 11.3 Å². The fraction of sp³-hybridized carbons (Fsp3) is 0.250. The number of ether oxygens (including phenoxy) is 1. The summed E-state index contributed by atoms with van der Waals surface area (Å²) in [5, 5.41) is 0. The number of imidazole rings is 1. The highest BCUT2D eigenvalue weighted by molar-refractivity contribution is 6.16. The predicted molar refractivity (Wildman–Crippen MR) is 62.8 cm³/mol. The van der Waals surface area contributed by atoms with Crippen molar-refractivity contribution in [3.63, 3.8) is 0 Å². The molecule has 0 amide bonds. The quantitative estimate of drug-likeness (QED) is 0.812. The molecule has 0 fully saturated rings. The van der Waals surface area contributed by atoms with Crippen molar-refractivity contribution in [3.8, 4) is 17.0 Å². The molecule has 1 N–H and O–H groups in total. The number of fused-ring (bicyclic) bond motifs is 1. The summed E-state index contributed by atoms with van der Waals surface area (Å²) in [5.74, 6) is 2.21. The van der Waals surface area contributed by atoms with Crippen LogP contribution < -0.4 is 4.74 Å². The molecular formula is C12H11ClN2O. The third kappa shape index (κ3) is 1.57. The Balaban J connectivity index is 2.00. The number of alkyl halides is 1. The molecule has 16 heavy (non-hydrogen) atoms. The van der Waals surface area contributed by atoms with E-state index in [-0.39, 0.29) is 0 Å². The monoisotopic (exact) mass is 234 g/mol. The molecule has 0 saturated heterocycles. The maximum absolute atomic E-state index is 5.71. The van der Waals surface area contributed by atoms with Crippen molar-refractivity contribution in [2.24, 2.45) is 0 Å². The van der Waals surface area contributed by atoms with Gasteiger partial charge in [-0.1, -0.05) is 0 Å². The lowest BCUT2D eigenvalue weighted by molar-refractivity contribution is 0.357. The van der Waals surface area contributed by atoms with Gasteiger partial charge in [0, 0.05) is 12.0 Å². The third-order valence-corrected chi connectivity index (χ3v) is 3.01. The molecule has 2 heterocycles. The second kappa shape index (κ2) is 3.83. The molecule has 0 aliphatic carbocycles. The van der Waals surface area contributed by atoms with Gasteiger partial charge in [0.15, 0.2) is 0 Å². The minimum Gasteiger partial charge on any atom is -0.493 e. The van der Waals surface area contributed by atoms with E-state index in [2.05, 4.69) is 16.0 Å². The van der Waals surface area contributed by atoms with Gasteiger partial charge in [-0.2, -0.15) is 0 Å². The van der Waals surface area contributed by atoms with Crippen molar-refractivity contribution in [2.45, 2.75) is 12.3 Å². The number of halogens is 1. The fourth-order valence-corrected chi connectivity index (χ4v) is 2.07. The molecule has 3 nitrogen and oxygen atoms in total. The summed E-state index contributed by atoms with van der Waals surface area (Å²) in [6.45, 7) is 0.786. The van der Waals surface area contributed by atoms with Gasteiger partial charge in [0.25, 0.3) is 0 Å². The van der Waals surface area contributed by atoms with E-state index in [9.17, 15) is 0 Å². The highest BCUT2D eigenvalue weighted by Gasteiger charge is 2.13. The Bertz CT molecular complexity index is 521. The average Bonchev–Trinajstić information content (AvgIpc) is 2.96. The molecule has 0 spiro atoms. The van der Waals surface area contributed by atoms with E-state index in [1.165, 1.54) is 5.56 Å². The van der Waals surface area contributed by atoms with E-state index >= 15 is 0 Å². The van der Waals surface area contributed by atoms with Crippen LogP contribution in [0.5, 0.6) is 5.75 Å². The first kappa shape index (κ1) is 9.73. The van der Waals surface area contributed by atoms with Gasteiger partial charge < -0.3 is 9.72 Å². The van der Waals surface area contributed by atoms with E-state index < -0.39 is 0 Å². The molecule has 1 aliphatic rings. The molecule has 3 rings (SSSR count). The number of nitrogens with one attached hydrogen (secondary N) is 1. The Labute approximate surface area is 98.4 Å². The van der Waals surface area contributed by atoms with Gasteiger partial charge in [-0.05, 0) is 23.8 Å². The molecule has 82 valence electrons. The van der Waals surface area contributed by atoms with Crippen LogP contribution in [0.3, 0.4) is 0 Å². The summed E-state index contributed by atoms with van der Waals surface area (Å²) in [7, 11) is 0. The summed E-state index contributed by atoms with van der Waals surface area (Å²) >= 11 is 5.71. The topological polar surface area (TPSA) is 37.9 Å². The number of benzene rings is 1. The van der Waals surface area contributed by atoms with Crippen LogP contribution in [-0.4, -0.2) is 16.6 Å². The zero-order chi connectivity index (χ0) is 11.0. The maximum Gasteiger partial charge on any atom is 0.122 e. The molecule has 2 aromatic rings. The van der Waals surface area contributed by atoms with Crippen LogP contribution in [0.15, 0.2) is 24.4 Å². The van der Waals surface area contributed by atoms with Crippen molar-refractivity contribution in [2.75, 3.05) is 6.61 Å². The second-order valence-electron chi connectivity index (χ2n) is 3.80. The molecule has 1 aromatic heterocycles. The second-order valence-corrected chi connectivity index (χ2v) is 4.07. The number of rotatable bonds is 2. The van der Waals surface area contributed by atoms with E-state index in [0.717, 1.165) is 35.9 Å². The van der Waals surface area contributed by atoms with Gasteiger partial charge in [-0.15, -0.1) is 11.6 Å². The largest absolute Gasteiger partial charge is 0.493 e. The van der Waals surface area contributed by atoms with Crippen LogP contribution in [0, 0.1) is 0 Å². The number of hydrogen-bond donors (Lipinski definition) is 1. The van der Waals surface area contributed by atoms with Crippen LogP contribution in [-0.2, 0) is 12.3 Å². The van der Waals surface area contributed by atoms with Gasteiger partial charge in [-0.25, -0.2) is 4.98 Å². The van der Waals surface area contributed by atoms with E-state index in [1.807, 2.05) is 18.3 Å². The van der Waals surface area contributed by atoms with Crippen molar-refractivity contribution >= 4 is 11.6 Å². The lowest BCUT2D eigenvalue weighted by Gasteiger charge is -2.01. The molecule has 0 unspecified atom stereocenters. The van der Waals surface area contributed by atoms with Crippen molar-refractivity contribution < 1.29 is 4.74 Å².